The van der Waals surface area contributed by atoms with Crippen molar-refractivity contribution in [2.24, 2.45) is 11.7 Å². The number of ether oxygens (including phenoxy) is 1. The molecule has 70 valence electrons. The number of hydrogen-bond donors (Lipinski definition) is 1. The summed E-state index contributed by atoms with van der Waals surface area (Å²) in [6.45, 7) is 0.971. The van der Waals surface area contributed by atoms with E-state index in [1.54, 1.807) is 0 Å². The quantitative estimate of drug-likeness (QED) is 0.697. The molecular weight excluding hydrogens is 150 g/mol. The first-order valence-corrected chi connectivity index (χ1v) is 5.22. The summed E-state index contributed by atoms with van der Waals surface area (Å²) in [7, 11) is 0. The molecule has 2 aliphatic carbocycles. The third kappa shape index (κ3) is 1.99. The van der Waals surface area contributed by atoms with Crippen molar-refractivity contribution in [3.05, 3.63) is 0 Å². The van der Waals surface area contributed by atoms with Crippen molar-refractivity contribution in [2.45, 2.75) is 50.7 Å². The lowest BCUT2D eigenvalue weighted by Crippen LogP contribution is -2.24. The molecule has 0 aromatic rings. The summed E-state index contributed by atoms with van der Waals surface area (Å²) < 4.78 is 5.75. The Labute approximate surface area is 74.5 Å². The maximum atomic E-state index is 5.82. The van der Waals surface area contributed by atoms with Crippen molar-refractivity contribution in [2.75, 3.05) is 6.61 Å². The Bertz CT molecular complexity index is 145. The molecule has 12 heavy (non-hydrogen) atoms. The smallest absolute Gasteiger partial charge is 0.0575 e. The van der Waals surface area contributed by atoms with E-state index < -0.39 is 0 Å². The topological polar surface area (TPSA) is 35.2 Å². The zero-order chi connectivity index (χ0) is 8.39. The van der Waals surface area contributed by atoms with Crippen LogP contribution in [0.3, 0.4) is 0 Å². The average molecular weight is 169 g/mol. The molecule has 0 spiro atoms. The molecule has 2 fully saturated rings. The van der Waals surface area contributed by atoms with Gasteiger partial charge in [0, 0.05) is 12.6 Å². The minimum absolute atomic E-state index is 0.458. The standard InChI is InChI=1S/C10H19NO/c11-9-5-4-8(6-9)7-12-10-2-1-3-10/h8-10H,1-7,11H2. The van der Waals surface area contributed by atoms with Crippen LogP contribution in [0.4, 0.5) is 0 Å². The molecule has 0 saturated heterocycles. The molecule has 2 heteroatoms. The zero-order valence-corrected chi connectivity index (χ0v) is 7.67. The van der Waals surface area contributed by atoms with E-state index in [-0.39, 0.29) is 0 Å². The van der Waals surface area contributed by atoms with Crippen molar-refractivity contribution in [1.29, 1.82) is 0 Å². The lowest BCUT2D eigenvalue weighted by atomic mass is 9.96. The highest BCUT2D eigenvalue weighted by molar-refractivity contribution is 4.78. The lowest BCUT2D eigenvalue weighted by Gasteiger charge is -2.26. The van der Waals surface area contributed by atoms with E-state index in [4.69, 9.17) is 10.5 Å². The molecule has 0 radical (unpaired) electrons. The molecule has 2 atom stereocenters. The molecule has 0 aliphatic heterocycles. The first-order chi connectivity index (χ1) is 5.84. The molecule has 2 nitrogen and oxygen atoms in total. The fraction of sp³-hybridized carbons (Fsp3) is 1.00. The van der Waals surface area contributed by atoms with Gasteiger partial charge in [-0.1, -0.05) is 0 Å². The van der Waals surface area contributed by atoms with Crippen molar-refractivity contribution in [1.82, 2.24) is 0 Å². The van der Waals surface area contributed by atoms with E-state index in [9.17, 15) is 0 Å². The summed E-state index contributed by atoms with van der Waals surface area (Å²) in [6, 6.07) is 0.458. The van der Waals surface area contributed by atoms with Gasteiger partial charge >= 0.3 is 0 Å². The van der Waals surface area contributed by atoms with Crippen LogP contribution in [0, 0.1) is 5.92 Å². The van der Waals surface area contributed by atoms with Gasteiger partial charge in [0.1, 0.15) is 0 Å². The van der Waals surface area contributed by atoms with Crippen LogP contribution < -0.4 is 5.73 Å². The number of nitrogens with two attached hydrogens (primary N) is 1. The third-order valence-electron chi connectivity index (χ3n) is 3.20. The van der Waals surface area contributed by atoms with Crippen LogP contribution >= 0.6 is 0 Å². The Hall–Kier alpha value is -0.0800. The van der Waals surface area contributed by atoms with E-state index in [1.165, 1.54) is 38.5 Å². The minimum atomic E-state index is 0.458. The molecule has 0 heterocycles. The molecule has 2 aliphatic rings. The van der Waals surface area contributed by atoms with Crippen molar-refractivity contribution < 1.29 is 4.74 Å². The SMILES string of the molecule is NC1CCC(COC2CCC2)C1. The Morgan fingerprint density at radius 3 is 2.50 bits per heavy atom. The lowest BCUT2D eigenvalue weighted by molar-refractivity contribution is -0.0149. The fourth-order valence-electron chi connectivity index (χ4n) is 2.07. The molecule has 2 rings (SSSR count). The van der Waals surface area contributed by atoms with Crippen molar-refractivity contribution in [3.8, 4) is 0 Å². The Balaban J connectivity index is 1.60. The summed E-state index contributed by atoms with van der Waals surface area (Å²) in [4.78, 5) is 0. The van der Waals surface area contributed by atoms with E-state index >= 15 is 0 Å². The maximum absolute atomic E-state index is 5.82. The molecule has 2 unspecified atom stereocenters. The third-order valence-corrected chi connectivity index (χ3v) is 3.20. The second-order valence-corrected chi connectivity index (χ2v) is 4.33. The molecule has 0 aromatic heterocycles. The number of hydrogen-bond acceptors (Lipinski definition) is 2. The monoisotopic (exact) mass is 169 g/mol. The van der Waals surface area contributed by atoms with Gasteiger partial charge in [-0.2, -0.15) is 0 Å². The van der Waals surface area contributed by atoms with Gasteiger partial charge in [0.2, 0.25) is 0 Å². The van der Waals surface area contributed by atoms with E-state index in [0.29, 0.717) is 12.1 Å². The Morgan fingerprint density at radius 1 is 1.17 bits per heavy atom. The molecule has 0 bridgehead atoms. The second kappa shape index (κ2) is 3.75. The maximum Gasteiger partial charge on any atom is 0.0575 e. The van der Waals surface area contributed by atoms with Gasteiger partial charge in [-0.05, 0) is 44.4 Å². The fourth-order valence-corrected chi connectivity index (χ4v) is 2.07. The van der Waals surface area contributed by atoms with Crippen molar-refractivity contribution in [3.63, 3.8) is 0 Å². The highest BCUT2D eigenvalue weighted by atomic mass is 16.5. The largest absolute Gasteiger partial charge is 0.378 e. The van der Waals surface area contributed by atoms with E-state index in [1.807, 2.05) is 0 Å². The van der Waals surface area contributed by atoms with Crippen LogP contribution in [-0.4, -0.2) is 18.8 Å². The normalized spacial score (nSPS) is 36.8. The van der Waals surface area contributed by atoms with Crippen LogP contribution in [0.1, 0.15) is 38.5 Å². The predicted octanol–water partition coefficient (Wildman–Crippen LogP) is 1.68. The summed E-state index contributed by atoms with van der Waals surface area (Å²) in [6.07, 6.45) is 8.23. The second-order valence-electron chi connectivity index (χ2n) is 4.33. The van der Waals surface area contributed by atoms with Gasteiger partial charge < -0.3 is 10.5 Å². The first-order valence-electron chi connectivity index (χ1n) is 5.22. The van der Waals surface area contributed by atoms with Gasteiger partial charge in [0.05, 0.1) is 6.10 Å². The molecule has 0 aromatic carbocycles. The molecule has 2 saturated carbocycles. The van der Waals surface area contributed by atoms with Gasteiger partial charge in [0.25, 0.3) is 0 Å². The Morgan fingerprint density at radius 2 is 2.00 bits per heavy atom. The molecule has 0 amide bonds. The van der Waals surface area contributed by atoms with Crippen LogP contribution in [0.25, 0.3) is 0 Å². The summed E-state index contributed by atoms with van der Waals surface area (Å²) in [5.41, 5.74) is 5.82. The van der Waals surface area contributed by atoms with Crippen LogP contribution in [0.15, 0.2) is 0 Å². The molecule has 2 N–H and O–H groups in total. The summed E-state index contributed by atoms with van der Waals surface area (Å²) in [5.74, 6) is 0.764. The van der Waals surface area contributed by atoms with Gasteiger partial charge in [-0.3, -0.25) is 0 Å². The van der Waals surface area contributed by atoms with Crippen LogP contribution in [0.2, 0.25) is 0 Å². The van der Waals surface area contributed by atoms with Gasteiger partial charge in [-0.15, -0.1) is 0 Å². The van der Waals surface area contributed by atoms with Crippen LogP contribution in [-0.2, 0) is 4.74 Å². The van der Waals surface area contributed by atoms with Crippen LogP contribution in [0.5, 0.6) is 0 Å². The summed E-state index contributed by atoms with van der Waals surface area (Å²) >= 11 is 0. The van der Waals surface area contributed by atoms with Gasteiger partial charge in [-0.25, -0.2) is 0 Å². The summed E-state index contributed by atoms with van der Waals surface area (Å²) in [5, 5.41) is 0. The zero-order valence-electron chi connectivity index (χ0n) is 7.67. The first kappa shape index (κ1) is 8.52. The number of rotatable bonds is 3. The minimum Gasteiger partial charge on any atom is -0.378 e. The predicted molar refractivity (Wildman–Crippen MR) is 48.9 cm³/mol. The molecular formula is C10H19NO. The van der Waals surface area contributed by atoms with Gasteiger partial charge in [0.15, 0.2) is 0 Å². The average Bonchev–Trinajstić information content (AvgIpc) is 2.32. The van der Waals surface area contributed by atoms with Crippen molar-refractivity contribution >= 4 is 0 Å². The van der Waals surface area contributed by atoms with E-state index in [0.717, 1.165) is 12.5 Å². The van der Waals surface area contributed by atoms with E-state index in [2.05, 4.69) is 0 Å². The highest BCUT2D eigenvalue weighted by Gasteiger charge is 2.24. The highest BCUT2D eigenvalue weighted by Crippen LogP contribution is 2.27. The Kier molecular flexibility index (Phi) is 2.66.